The molecule has 1 aliphatic heterocycles. The number of nitrogens with one attached hydrogen (secondary N) is 1. The van der Waals surface area contributed by atoms with Crippen LogP contribution in [0.1, 0.15) is 37.2 Å². The maximum atomic E-state index is 12.7. The number of aromatic amines is 1. The van der Waals surface area contributed by atoms with E-state index in [2.05, 4.69) is 15.0 Å². The fourth-order valence-corrected chi connectivity index (χ4v) is 2.98. The Morgan fingerprint density at radius 2 is 2.17 bits per heavy atom. The van der Waals surface area contributed by atoms with Gasteiger partial charge in [0.1, 0.15) is 11.5 Å². The number of rotatable bonds is 3. The van der Waals surface area contributed by atoms with Crippen LogP contribution in [0.3, 0.4) is 0 Å². The number of hydrogen-bond acceptors (Lipinski definition) is 4. The summed E-state index contributed by atoms with van der Waals surface area (Å²) >= 11 is 0. The maximum Gasteiger partial charge on any atom is 0.432 e. The van der Waals surface area contributed by atoms with E-state index >= 15 is 0 Å². The van der Waals surface area contributed by atoms with Crippen LogP contribution in [0.15, 0.2) is 23.4 Å². The third-order valence-corrected chi connectivity index (χ3v) is 4.24. The highest BCUT2D eigenvalue weighted by atomic mass is 19.4. The van der Waals surface area contributed by atoms with Crippen molar-refractivity contribution < 1.29 is 13.2 Å². The van der Waals surface area contributed by atoms with Gasteiger partial charge in [0.2, 0.25) is 0 Å². The van der Waals surface area contributed by atoms with Crippen molar-refractivity contribution in [1.82, 2.24) is 19.5 Å². The van der Waals surface area contributed by atoms with Gasteiger partial charge < -0.3 is 14.5 Å². The van der Waals surface area contributed by atoms with Crippen molar-refractivity contribution >= 4 is 5.82 Å². The number of nitrogens with zero attached hydrogens (tertiary/aromatic N) is 4. The maximum absolute atomic E-state index is 12.7. The van der Waals surface area contributed by atoms with E-state index in [0.29, 0.717) is 31.3 Å². The van der Waals surface area contributed by atoms with Crippen molar-refractivity contribution in [2.24, 2.45) is 0 Å². The summed E-state index contributed by atoms with van der Waals surface area (Å²) in [5.74, 6) is 0.455. The van der Waals surface area contributed by atoms with E-state index in [1.54, 1.807) is 17.0 Å². The van der Waals surface area contributed by atoms with Gasteiger partial charge >= 0.3 is 6.18 Å². The standard InChI is InChI=1S/C15H18F3N5O/c1-2-22-7-5-19-13(14(22)24)23-6-3-4-10(9-23)12-20-8-11(21-12)15(16,17)18/h5,7-8,10H,2-4,6,9H2,1H3,(H,20,21). The number of aryl methyl sites for hydroxylation is 1. The highest BCUT2D eigenvalue weighted by molar-refractivity contribution is 5.37. The molecular weight excluding hydrogens is 323 g/mol. The average Bonchev–Trinajstić information content (AvgIpc) is 3.05. The predicted molar refractivity (Wildman–Crippen MR) is 81.9 cm³/mol. The fraction of sp³-hybridized carbons (Fsp3) is 0.533. The zero-order valence-electron chi connectivity index (χ0n) is 13.2. The molecule has 1 aliphatic rings. The van der Waals surface area contributed by atoms with Gasteiger partial charge in [-0.25, -0.2) is 9.97 Å². The van der Waals surface area contributed by atoms with Crippen LogP contribution < -0.4 is 10.5 Å². The lowest BCUT2D eigenvalue weighted by Gasteiger charge is -2.32. The summed E-state index contributed by atoms with van der Waals surface area (Å²) in [7, 11) is 0. The van der Waals surface area contributed by atoms with Gasteiger partial charge in [0.15, 0.2) is 5.82 Å². The van der Waals surface area contributed by atoms with E-state index in [0.717, 1.165) is 19.0 Å². The summed E-state index contributed by atoms with van der Waals surface area (Å²) < 4.78 is 39.7. The van der Waals surface area contributed by atoms with Crippen LogP contribution in [0.25, 0.3) is 0 Å². The lowest BCUT2D eigenvalue weighted by Crippen LogP contribution is -2.40. The SMILES string of the molecule is CCn1ccnc(N2CCCC(c3ncc(C(F)(F)F)[nH]3)C2)c1=O. The van der Waals surface area contributed by atoms with Crippen LogP contribution in [0.2, 0.25) is 0 Å². The Morgan fingerprint density at radius 3 is 2.83 bits per heavy atom. The minimum absolute atomic E-state index is 0.184. The number of imidazole rings is 1. The first-order valence-electron chi connectivity index (χ1n) is 7.82. The second-order valence-electron chi connectivity index (χ2n) is 5.81. The first-order chi connectivity index (χ1) is 11.4. The zero-order valence-corrected chi connectivity index (χ0v) is 13.2. The fourth-order valence-electron chi connectivity index (χ4n) is 2.98. The van der Waals surface area contributed by atoms with E-state index in [-0.39, 0.29) is 11.5 Å². The lowest BCUT2D eigenvalue weighted by atomic mass is 9.97. The van der Waals surface area contributed by atoms with Gasteiger partial charge in [0.05, 0.1) is 6.20 Å². The molecule has 3 heterocycles. The summed E-state index contributed by atoms with van der Waals surface area (Å²) in [5, 5.41) is 0. The second kappa shape index (κ2) is 6.29. The minimum Gasteiger partial charge on any atom is -0.351 e. The molecule has 0 bridgehead atoms. The Kier molecular flexibility index (Phi) is 4.33. The molecule has 0 amide bonds. The quantitative estimate of drug-likeness (QED) is 0.931. The van der Waals surface area contributed by atoms with Gasteiger partial charge in [-0.2, -0.15) is 13.2 Å². The molecule has 0 aromatic carbocycles. The largest absolute Gasteiger partial charge is 0.432 e. The number of H-pyrrole nitrogens is 1. The Bertz CT molecular complexity index is 767. The van der Waals surface area contributed by atoms with Crippen LogP contribution >= 0.6 is 0 Å². The molecule has 1 fully saturated rings. The van der Waals surface area contributed by atoms with Gasteiger partial charge in [0, 0.05) is 37.9 Å². The second-order valence-corrected chi connectivity index (χ2v) is 5.81. The molecule has 130 valence electrons. The predicted octanol–water partition coefficient (Wildman–Crippen LogP) is 2.39. The molecule has 0 spiro atoms. The molecule has 1 saturated heterocycles. The first kappa shape index (κ1) is 16.5. The van der Waals surface area contributed by atoms with Crippen LogP contribution in [-0.4, -0.2) is 32.6 Å². The van der Waals surface area contributed by atoms with E-state index in [4.69, 9.17) is 0 Å². The average molecular weight is 341 g/mol. The third-order valence-electron chi connectivity index (χ3n) is 4.24. The molecule has 6 nitrogen and oxygen atoms in total. The topological polar surface area (TPSA) is 66.8 Å². The molecule has 1 atom stereocenters. The van der Waals surface area contributed by atoms with Gasteiger partial charge in [-0.1, -0.05) is 0 Å². The van der Waals surface area contributed by atoms with Gasteiger partial charge in [0.25, 0.3) is 5.56 Å². The molecule has 2 aromatic rings. The first-order valence-corrected chi connectivity index (χ1v) is 7.82. The number of anilines is 1. The molecule has 9 heteroatoms. The molecular formula is C15H18F3N5O. The van der Waals surface area contributed by atoms with Crippen LogP contribution in [0.5, 0.6) is 0 Å². The van der Waals surface area contributed by atoms with Crippen molar-refractivity contribution in [3.63, 3.8) is 0 Å². The van der Waals surface area contributed by atoms with Gasteiger partial charge in [-0.05, 0) is 19.8 Å². The lowest BCUT2D eigenvalue weighted by molar-refractivity contribution is -0.141. The summed E-state index contributed by atoms with van der Waals surface area (Å²) in [5.41, 5.74) is -1.03. The number of piperidine rings is 1. The minimum atomic E-state index is -4.44. The van der Waals surface area contributed by atoms with Crippen LogP contribution in [0, 0.1) is 0 Å². The monoisotopic (exact) mass is 341 g/mol. The Hall–Kier alpha value is -2.32. The number of aromatic nitrogens is 4. The molecule has 0 saturated carbocycles. The summed E-state index contributed by atoms with van der Waals surface area (Å²) in [6, 6.07) is 0. The number of hydrogen-bond donors (Lipinski definition) is 1. The van der Waals surface area contributed by atoms with Crippen molar-refractivity contribution in [1.29, 1.82) is 0 Å². The Morgan fingerprint density at radius 1 is 1.38 bits per heavy atom. The van der Waals surface area contributed by atoms with Crippen LogP contribution in [-0.2, 0) is 12.7 Å². The molecule has 0 aliphatic carbocycles. The normalized spacial score (nSPS) is 18.8. The van der Waals surface area contributed by atoms with Crippen molar-refractivity contribution in [2.75, 3.05) is 18.0 Å². The molecule has 3 rings (SSSR count). The molecule has 2 aromatic heterocycles. The summed E-state index contributed by atoms with van der Waals surface area (Å²) in [6.07, 6.45) is 1.05. The van der Waals surface area contributed by atoms with E-state index < -0.39 is 11.9 Å². The molecule has 1 N–H and O–H groups in total. The molecule has 1 unspecified atom stereocenters. The van der Waals surface area contributed by atoms with E-state index in [9.17, 15) is 18.0 Å². The van der Waals surface area contributed by atoms with Crippen molar-refractivity contribution in [2.45, 2.75) is 38.4 Å². The Labute approximate surface area is 136 Å². The van der Waals surface area contributed by atoms with E-state index in [1.807, 2.05) is 11.8 Å². The van der Waals surface area contributed by atoms with Gasteiger partial charge in [-0.3, -0.25) is 4.79 Å². The van der Waals surface area contributed by atoms with Crippen molar-refractivity contribution in [3.8, 4) is 0 Å². The summed E-state index contributed by atoms with van der Waals surface area (Å²) in [6.45, 7) is 3.48. The Balaban J connectivity index is 1.82. The van der Waals surface area contributed by atoms with Crippen LogP contribution in [0.4, 0.5) is 19.0 Å². The summed E-state index contributed by atoms with van der Waals surface area (Å²) in [4.78, 5) is 24.6. The van der Waals surface area contributed by atoms with Gasteiger partial charge in [-0.15, -0.1) is 0 Å². The highest BCUT2D eigenvalue weighted by Gasteiger charge is 2.34. The molecule has 24 heavy (non-hydrogen) atoms. The number of alkyl halides is 3. The highest BCUT2D eigenvalue weighted by Crippen LogP contribution is 2.31. The smallest absolute Gasteiger partial charge is 0.351 e. The molecule has 0 radical (unpaired) electrons. The van der Waals surface area contributed by atoms with E-state index in [1.165, 1.54) is 0 Å². The van der Waals surface area contributed by atoms with Crippen molar-refractivity contribution in [3.05, 3.63) is 40.5 Å². The number of halogens is 3. The third kappa shape index (κ3) is 3.15. The zero-order chi connectivity index (χ0) is 17.3.